The summed E-state index contributed by atoms with van der Waals surface area (Å²) in [6.45, 7) is 0. The van der Waals surface area contributed by atoms with Gasteiger partial charge in [-0.25, -0.2) is 9.59 Å². The minimum atomic E-state index is -0.650. The first-order chi connectivity index (χ1) is 16.9. The van der Waals surface area contributed by atoms with Crippen LogP contribution in [0.15, 0.2) is 95.7 Å². The van der Waals surface area contributed by atoms with Crippen LogP contribution < -0.4 is 20.7 Å². The van der Waals surface area contributed by atoms with E-state index in [1.54, 1.807) is 61.7 Å². The van der Waals surface area contributed by atoms with E-state index < -0.39 is 17.2 Å². The lowest BCUT2D eigenvalue weighted by Crippen LogP contribution is -2.11. The van der Waals surface area contributed by atoms with Crippen molar-refractivity contribution in [3.8, 4) is 22.6 Å². The molecule has 0 atom stereocenters. The molecular weight excluding hydrogens is 516 g/mol. The van der Waals surface area contributed by atoms with Gasteiger partial charge >= 0.3 is 17.2 Å². The molecule has 0 aliphatic rings. The number of fused-ring (bicyclic) bond motifs is 2. The van der Waals surface area contributed by atoms with Gasteiger partial charge in [-0.05, 0) is 54.1 Å². The zero-order chi connectivity index (χ0) is 24.5. The molecule has 0 unspecified atom stereocenters. The van der Waals surface area contributed by atoms with Gasteiger partial charge in [-0.2, -0.15) is 0 Å². The van der Waals surface area contributed by atoms with E-state index in [0.717, 1.165) is 10.0 Å². The molecule has 0 aliphatic carbocycles. The van der Waals surface area contributed by atoms with Crippen LogP contribution in [0.2, 0.25) is 0 Å². The van der Waals surface area contributed by atoms with Crippen LogP contribution in [0.25, 0.3) is 33.1 Å². The highest BCUT2D eigenvalue weighted by atomic mass is 79.9. The first kappa shape index (κ1) is 22.6. The normalized spacial score (nSPS) is 11.0. The van der Waals surface area contributed by atoms with Crippen molar-refractivity contribution in [1.82, 2.24) is 0 Å². The second-order valence-electron chi connectivity index (χ2n) is 7.77. The van der Waals surface area contributed by atoms with E-state index in [9.17, 15) is 14.4 Å². The lowest BCUT2D eigenvalue weighted by molar-refractivity contribution is -0.133. The van der Waals surface area contributed by atoms with Crippen molar-refractivity contribution in [2.75, 3.05) is 7.11 Å². The number of esters is 1. The van der Waals surface area contributed by atoms with Crippen molar-refractivity contribution < 1.29 is 23.1 Å². The maximum Gasteiger partial charge on any atom is 0.344 e. The lowest BCUT2D eigenvalue weighted by atomic mass is 10.0. The molecule has 5 aromatic rings. The highest BCUT2D eigenvalue weighted by Crippen LogP contribution is 2.30. The van der Waals surface area contributed by atoms with E-state index >= 15 is 0 Å². The van der Waals surface area contributed by atoms with Gasteiger partial charge in [-0.15, -0.1) is 0 Å². The summed E-state index contributed by atoms with van der Waals surface area (Å²) in [5, 5.41) is 1.20. The third kappa shape index (κ3) is 4.74. The Morgan fingerprint density at radius 1 is 0.829 bits per heavy atom. The fourth-order valence-corrected chi connectivity index (χ4v) is 4.17. The van der Waals surface area contributed by atoms with Crippen LogP contribution >= 0.6 is 15.9 Å². The summed E-state index contributed by atoms with van der Waals surface area (Å²) in [6, 6.07) is 19.9. The molecule has 0 aliphatic heterocycles. The number of benzene rings is 3. The molecule has 0 saturated carbocycles. The Morgan fingerprint density at radius 3 is 2.37 bits per heavy atom. The Morgan fingerprint density at radius 2 is 1.60 bits per heavy atom. The van der Waals surface area contributed by atoms with Gasteiger partial charge in [0.1, 0.15) is 22.7 Å². The van der Waals surface area contributed by atoms with Gasteiger partial charge in [0.15, 0.2) is 0 Å². The van der Waals surface area contributed by atoms with Gasteiger partial charge in [-0.3, -0.25) is 4.79 Å². The van der Waals surface area contributed by atoms with Crippen LogP contribution in [0.1, 0.15) is 5.56 Å². The maximum absolute atomic E-state index is 12.7. The number of ether oxygens (including phenoxy) is 2. The molecule has 0 fully saturated rings. The van der Waals surface area contributed by atoms with Gasteiger partial charge in [0.05, 0.1) is 19.1 Å². The van der Waals surface area contributed by atoms with Crippen LogP contribution in [0.4, 0.5) is 0 Å². The molecule has 3 aromatic carbocycles. The van der Waals surface area contributed by atoms with E-state index in [0.29, 0.717) is 27.7 Å². The molecule has 8 heteroatoms. The summed E-state index contributed by atoms with van der Waals surface area (Å²) in [6.07, 6.45) is 0.0553. The Bertz CT molecular complexity index is 1700. The fourth-order valence-electron chi connectivity index (χ4n) is 3.79. The summed E-state index contributed by atoms with van der Waals surface area (Å²) in [5.74, 6) is 0.426. The minimum Gasteiger partial charge on any atom is -0.497 e. The number of carbonyl (C=O) groups is 1. The summed E-state index contributed by atoms with van der Waals surface area (Å²) in [7, 11) is 1.57. The second-order valence-corrected chi connectivity index (χ2v) is 8.68. The number of hydrogen-bond donors (Lipinski definition) is 0. The molecule has 2 heterocycles. The van der Waals surface area contributed by atoms with Gasteiger partial charge in [-0.1, -0.05) is 28.1 Å². The number of rotatable bonds is 5. The van der Waals surface area contributed by atoms with E-state index in [1.165, 1.54) is 12.1 Å². The molecule has 0 spiro atoms. The van der Waals surface area contributed by atoms with E-state index in [4.69, 9.17) is 18.3 Å². The molecule has 0 radical (unpaired) electrons. The van der Waals surface area contributed by atoms with Crippen molar-refractivity contribution in [1.29, 1.82) is 0 Å². The fraction of sp³-hybridized carbons (Fsp3) is 0.0741. The molecule has 0 amide bonds. The average molecular weight is 533 g/mol. The molecule has 35 heavy (non-hydrogen) atoms. The zero-order valence-electron chi connectivity index (χ0n) is 18.4. The third-order valence-electron chi connectivity index (χ3n) is 5.44. The molecule has 7 nitrogen and oxygen atoms in total. The van der Waals surface area contributed by atoms with Crippen LogP contribution in [-0.4, -0.2) is 13.1 Å². The van der Waals surface area contributed by atoms with Crippen molar-refractivity contribution in [3.63, 3.8) is 0 Å². The second kappa shape index (κ2) is 9.23. The molecule has 0 bridgehead atoms. The predicted octanol–water partition coefficient (Wildman–Crippen LogP) is 5.49. The monoisotopic (exact) mass is 532 g/mol. The molecule has 0 N–H and O–H groups in total. The van der Waals surface area contributed by atoms with Crippen LogP contribution in [0.3, 0.4) is 0 Å². The Labute approximate surface area is 206 Å². The summed E-state index contributed by atoms with van der Waals surface area (Å²) >= 11 is 3.41. The standard InChI is InChI=1S/C27H17BrO7/c1-32-18-5-2-15(3-6-18)10-25(29)33-19-7-8-20-21(14-26(30)34-24(20)13-19)22-12-16-11-17(28)4-9-23(16)35-27(22)31/h2-9,11-14H,10H2,1H3. The molecule has 0 saturated heterocycles. The molecule has 174 valence electrons. The Balaban J connectivity index is 1.48. The number of methoxy groups -OCH3 is 1. The Kier molecular flexibility index (Phi) is 5.96. The van der Waals surface area contributed by atoms with Crippen molar-refractivity contribution in [2.24, 2.45) is 0 Å². The first-order valence-corrected chi connectivity index (χ1v) is 11.3. The van der Waals surface area contributed by atoms with Crippen LogP contribution in [-0.2, 0) is 11.2 Å². The SMILES string of the molecule is COc1ccc(CC(=O)Oc2ccc3c(-c4cc5cc(Br)ccc5oc4=O)cc(=O)oc3c2)cc1. The molecular formula is C27H17BrO7. The molecule has 5 rings (SSSR count). The summed E-state index contributed by atoms with van der Waals surface area (Å²) < 4.78 is 22.2. The van der Waals surface area contributed by atoms with Crippen molar-refractivity contribution >= 4 is 43.8 Å². The zero-order valence-corrected chi connectivity index (χ0v) is 20.0. The van der Waals surface area contributed by atoms with Gasteiger partial charge in [0.25, 0.3) is 0 Å². The van der Waals surface area contributed by atoms with Crippen LogP contribution in [0, 0.1) is 0 Å². The molecule has 2 aromatic heterocycles. The number of halogens is 1. The highest BCUT2D eigenvalue weighted by Gasteiger charge is 2.15. The topological polar surface area (TPSA) is 96.0 Å². The first-order valence-electron chi connectivity index (χ1n) is 10.5. The van der Waals surface area contributed by atoms with Gasteiger partial charge in [0.2, 0.25) is 0 Å². The van der Waals surface area contributed by atoms with Crippen molar-refractivity contribution in [3.05, 3.63) is 104 Å². The third-order valence-corrected chi connectivity index (χ3v) is 5.93. The summed E-state index contributed by atoms with van der Waals surface area (Å²) in [5.41, 5.74) is 0.724. The average Bonchev–Trinajstić information content (AvgIpc) is 2.83. The highest BCUT2D eigenvalue weighted by molar-refractivity contribution is 9.10. The van der Waals surface area contributed by atoms with Gasteiger partial charge in [0, 0.05) is 32.9 Å². The number of carbonyl (C=O) groups excluding carboxylic acids is 1. The largest absolute Gasteiger partial charge is 0.497 e. The van der Waals surface area contributed by atoms with E-state index in [-0.39, 0.29) is 23.3 Å². The number of hydrogen-bond acceptors (Lipinski definition) is 7. The van der Waals surface area contributed by atoms with E-state index in [1.807, 2.05) is 6.07 Å². The summed E-state index contributed by atoms with van der Waals surface area (Å²) in [4.78, 5) is 37.4. The van der Waals surface area contributed by atoms with Crippen molar-refractivity contribution in [2.45, 2.75) is 6.42 Å². The lowest BCUT2D eigenvalue weighted by Gasteiger charge is -2.09. The maximum atomic E-state index is 12.7. The minimum absolute atomic E-state index is 0.0553. The van der Waals surface area contributed by atoms with Gasteiger partial charge < -0.3 is 18.3 Å². The predicted molar refractivity (Wildman–Crippen MR) is 134 cm³/mol. The van der Waals surface area contributed by atoms with E-state index in [2.05, 4.69) is 15.9 Å². The Hall–Kier alpha value is -4.17. The smallest absolute Gasteiger partial charge is 0.344 e. The van der Waals surface area contributed by atoms with Crippen LogP contribution in [0.5, 0.6) is 11.5 Å². The quantitative estimate of drug-likeness (QED) is 0.168.